The van der Waals surface area contributed by atoms with E-state index in [-0.39, 0.29) is 0 Å². The van der Waals surface area contributed by atoms with E-state index in [2.05, 4.69) is 4.57 Å². The summed E-state index contributed by atoms with van der Waals surface area (Å²) in [6, 6.07) is 21.5. The summed E-state index contributed by atoms with van der Waals surface area (Å²) in [5, 5.41) is 0.685. The summed E-state index contributed by atoms with van der Waals surface area (Å²) < 4.78 is 18.9. The minimum atomic E-state index is 0.377. The lowest BCUT2D eigenvalue weighted by Crippen LogP contribution is -2.09. The van der Waals surface area contributed by atoms with Crippen LogP contribution in [0.2, 0.25) is 5.02 Å². The normalized spacial score (nSPS) is 10.9. The molecule has 1 heterocycles. The fraction of sp³-hybridized carbons (Fsp3) is 0.208. The second kappa shape index (κ2) is 9.09. The molecule has 0 atom stereocenters. The molecule has 6 heteroatoms. The van der Waals surface area contributed by atoms with Gasteiger partial charge in [0, 0.05) is 11.6 Å². The third-order valence-electron chi connectivity index (χ3n) is 4.97. The van der Waals surface area contributed by atoms with E-state index in [1.54, 1.807) is 14.2 Å². The molecule has 0 saturated carbocycles. The number of nitrogens with zero attached hydrogens (tertiary/aromatic N) is 2. The fourth-order valence-electron chi connectivity index (χ4n) is 3.45. The molecule has 0 aliphatic heterocycles. The van der Waals surface area contributed by atoms with Gasteiger partial charge in [0.05, 0.1) is 25.3 Å². The molecular weight excluding hydrogens is 400 g/mol. The fourth-order valence-corrected chi connectivity index (χ4v) is 3.61. The number of aromatic nitrogens is 2. The molecule has 0 spiro atoms. The number of aryl methyl sites for hydroxylation is 2. The van der Waals surface area contributed by atoms with Crippen LogP contribution in [0.4, 0.5) is 0 Å². The van der Waals surface area contributed by atoms with Gasteiger partial charge in [0.25, 0.3) is 0 Å². The van der Waals surface area contributed by atoms with E-state index in [1.165, 1.54) is 0 Å². The number of ether oxygens (including phenoxy) is 3. The molecule has 0 bridgehead atoms. The SMILES string of the molecule is COc1ccc(CCn2c(COc3ccccc3)nc3ccc(Cl)cc32)cc1OC. The van der Waals surface area contributed by atoms with Gasteiger partial charge in [-0.25, -0.2) is 4.98 Å². The number of benzene rings is 3. The van der Waals surface area contributed by atoms with Crippen molar-refractivity contribution in [1.82, 2.24) is 9.55 Å². The van der Waals surface area contributed by atoms with Gasteiger partial charge in [-0.15, -0.1) is 0 Å². The van der Waals surface area contributed by atoms with E-state index >= 15 is 0 Å². The molecule has 0 radical (unpaired) electrons. The van der Waals surface area contributed by atoms with Gasteiger partial charge in [-0.3, -0.25) is 0 Å². The smallest absolute Gasteiger partial charge is 0.160 e. The quantitative estimate of drug-likeness (QED) is 0.374. The zero-order valence-corrected chi connectivity index (χ0v) is 17.7. The first kappa shape index (κ1) is 20.1. The molecule has 30 heavy (non-hydrogen) atoms. The lowest BCUT2D eigenvalue weighted by Gasteiger charge is -2.12. The monoisotopic (exact) mass is 422 g/mol. The second-order valence-corrected chi connectivity index (χ2v) is 7.29. The highest BCUT2D eigenvalue weighted by Crippen LogP contribution is 2.28. The highest BCUT2D eigenvalue weighted by Gasteiger charge is 2.13. The molecule has 0 aliphatic rings. The maximum atomic E-state index is 6.26. The van der Waals surface area contributed by atoms with E-state index in [0.29, 0.717) is 11.6 Å². The summed E-state index contributed by atoms with van der Waals surface area (Å²) in [6.45, 7) is 1.11. The van der Waals surface area contributed by atoms with Crippen LogP contribution in [0.3, 0.4) is 0 Å². The third-order valence-corrected chi connectivity index (χ3v) is 5.21. The number of para-hydroxylation sites is 1. The third kappa shape index (κ3) is 4.36. The molecule has 3 aromatic carbocycles. The molecule has 0 aliphatic carbocycles. The Morgan fingerprint density at radius 1 is 0.900 bits per heavy atom. The number of halogens is 1. The Labute approximate surface area is 180 Å². The Bertz CT molecular complexity index is 1140. The highest BCUT2D eigenvalue weighted by atomic mass is 35.5. The van der Waals surface area contributed by atoms with Gasteiger partial charge in [-0.1, -0.05) is 35.9 Å². The van der Waals surface area contributed by atoms with Crippen molar-refractivity contribution in [2.75, 3.05) is 14.2 Å². The number of hydrogen-bond donors (Lipinski definition) is 0. The summed E-state index contributed by atoms with van der Waals surface area (Å²) in [7, 11) is 3.28. The van der Waals surface area contributed by atoms with Crippen LogP contribution in [-0.4, -0.2) is 23.8 Å². The van der Waals surface area contributed by atoms with E-state index in [4.69, 9.17) is 30.8 Å². The maximum Gasteiger partial charge on any atom is 0.160 e. The maximum absolute atomic E-state index is 6.26. The summed E-state index contributed by atoms with van der Waals surface area (Å²) in [5.41, 5.74) is 3.04. The molecule has 4 aromatic rings. The van der Waals surface area contributed by atoms with Gasteiger partial charge in [0.2, 0.25) is 0 Å². The van der Waals surface area contributed by atoms with Crippen molar-refractivity contribution in [1.29, 1.82) is 0 Å². The van der Waals surface area contributed by atoms with Crippen molar-refractivity contribution in [3.05, 3.63) is 83.1 Å². The van der Waals surface area contributed by atoms with Gasteiger partial charge in [0.15, 0.2) is 11.5 Å². The Morgan fingerprint density at radius 2 is 1.70 bits per heavy atom. The van der Waals surface area contributed by atoms with E-state index < -0.39 is 0 Å². The van der Waals surface area contributed by atoms with Crippen molar-refractivity contribution < 1.29 is 14.2 Å². The average Bonchev–Trinajstić information content (AvgIpc) is 3.13. The summed E-state index contributed by atoms with van der Waals surface area (Å²) in [4.78, 5) is 4.78. The van der Waals surface area contributed by atoms with Crippen molar-refractivity contribution in [2.24, 2.45) is 0 Å². The largest absolute Gasteiger partial charge is 0.493 e. The summed E-state index contributed by atoms with van der Waals surface area (Å²) in [6.07, 6.45) is 0.802. The molecule has 0 N–H and O–H groups in total. The molecule has 154 valence electrons. The van der Waals surface area contributed by atoms with Crippen LogP contribution in [-0.2, 0) is 19.6 Å². The molecule has 0 saturated heterocycles. The molecular formula is C24H23ClN2O3. The van der Waals surface area contributed by atoms with Crippen molar-refractivity contribution in [3.63, 3.8) is 0 Å². The minimum absolute atomic E-state index is 0.377. The summed E-state index contributed by atoms with van der Waals surface area (Å²) >= 11 is 6.26. The van der Waals surface area contributed by atoms with Crippen LogP contribution in [0.1, 0.15) is 11.4 Å². The first-order valence-electron chi connectivity index (χ1n) is 9.71. The van der Waals surface area contributed by atoms with Crippen LogP contribution < -0.4 is 14.2 Å². The second-order valence-electron chi connectivity index (χ2n) is 6.85. The Hall–Kier alpha value is -3.18. The standard InChI is InChI=1S/C24H23ClN2O3/c1-28-22-11-8-17(14-23(22)29-2)12-13-27-21-15-18(25)9-10-20(21)26-24(27)16-30-19-6-4-3-5-7-19/h3-11,14-15H,12-13,16H2,1-2H3. The van der Waals surface area contributed by atoms with Crippen molar-refractivity contribution >= 4 is 22.6 Å². The Morgan fingerprint density at radius 3 is 2.47 bits per heavy atom. The van der Waals surface area contributed by atoms with Gasteiger partial charge in [-0.2, -0.15) is 0 Å². The first-order valence-corrected chi connectivity index (χ1v) is 10.1. The average molecular weight is 423 g/mol. The van der Waals surface area contributed by atoms with E-state index in [0.717, 1.165) is 52.6 Å². The number of rotatable bonds is 8. The predicted octanol–water partition coefficient (Wildman–Crippen LogP) is 5.53. The summed E-state index contributed by atoms with van der Waals surface area (Å²) in [5.74, 6) is 3.12. The molecule has 1 aromatic heterocycles. The molecule has 4 rings (SSSR count). The number of hydrogen-bond acceptors (Lipinski definition) is 4. The van der Waals surface area contributed by atoms with Gasteiger partial charge in [0.1, 0.15) is 18.2 Å². The van der Waals surface area contributed by atoms with Crippen LogP contribution >= 0.6 is 11.6 Å². The van der Waals surface area contributed by atoms with Crippen molar-refractivity contribution in [3.8, 4) is 17.2 Å². The first-order chi connectivity index (χ1) is 14.7. The van der Waals surface area contributed by atoms with Crippen LogP contribution in [0.5, 0.6) is 17.2 Å². The van der Waals surface area contributed by atoms with Crippen LogP contribution in [0.25, 0.3) is 11.0 Å². The van der Waals surface area contributed by atoms with Crippen molar-refractivity contribution in [2.45, 2.75) is 19.6 Å². The van der Waals surface area contributed by atoms with Gasteiger partial charge in [-0.05, 0) is 54.4 Å². The molecule has 5 nitrogen and oxygen atoms in total. The number of methoxy groups -OCH3 is 2. The van der Waals surface area contributed by atoms with E-state index in [1.807, 2.05) is 66.7 Å². The Kier molecular flexibility index (Phi) is 6.10. The topological polar surface area (TPSA) is 45.5 Å². The predicted molar refractivity (Wildman–Crippen MR) is 119 cm³/mol. The van der Waals surface area contributed by atoms with Gasteiger partial charge < -0.3 is 18.8 Å². The zero-order valence-electron chi connectivity index (χ0n) is 17.0. The molecule has 0 amide bonds. The lowest BCUT2D eigenvalue weighted by molar-refractivity contribution is 0.290. The lowest BCUT2D eigenvalue weighted by atomic mass is 10.1. The van der Waals surface area contributed by atoms with Gasteiger partial charge >= 0.3 is 0 Å². The van der Waals surface area contributed by atoms with Crippen LogP contribution in [0.15, 0.2) is 66.7 Å². The Balaban J connectivity index is 1.60. The van der Waals surface area contributed by atoms with E-state index in [9.17, 15) is 0 Å². The number of fused-ring (bicyclic) bond motifs is 1. The number of imidazole rings is 1. The minimum Gasteiger partial charge on any atom is -0.493 e. The van der Waals surface area contributed by atoms with Crippen LogP contribution in [0, 0.1) is 0 Å². The molecule has 0 unspecified atom stereocenters. The highest BCUT2D eigenvalue weighted by molar-refractivity contribution is 6.31. The molecule has 0 fully saturated rings. The zero-order chi connectivity index (χ0) is 20.9.